The number of nitrogens with zero attached hydrogens (tertiary/aromatic N) is 8. The van der Waals surface area contributed by atoms with Crippen LogP contribution < -0.4 is 15.4 Å². The first kappa shape index (κ1) is 68.4. The number of carboxylic acids is 2. The number of benzene rings is 4. The van der Waals surface area contributed by atoms with Crippen LogP contribution in [0.1, 0.15) is 90.1 Å². The SMILES string of the molecule is C.C.C.C.C.CN(C)CCOc1cc(Nc2ccc(-c3cnn(C(=O)OC(C)(C)C)c3)cc2)nc(Cl)n1.Clc1nccc(Nc2ccc3c(c2)C=NC3)n1.O=C(O)c1cc2ccc(Br)cc2[nH]1.O=C(O)c1cc2ccc(Br)cc2o1. The Morgan fingerprint density at radius 3 is 2.09 bits per heavy atom. The molecule has 0 bridgehead atoms. The molecule has 1 aliphatic rings. The number of carbonyl (C=O) groups is 3. The summed E-state index contributed by atoms with van der Waals surface area (Å²) >= 11 is 18.3. The highest BCUT2D eigenvalue weighted by molar-refractivity contribution is 9.10. The Labute approximate surface area is 493 Å². The van der Waals surface area contributed by atoms with Crippen LogP contribution in [-0.4, -0.2) is 107 Å². The van der Waals surface area contributed by atoms with E-state index in [1.807, 2.05) is 107 Å². The zero-order valence-corrected chi connectivity index (χ0v) is 45.4. The van der Waals surface area contributed by atoms with E-state index in [9.17, 15) is 14.4 Å². The number of ether oxygens (including phenoxy) is 2. The van der Waals surface area contributed by atoms with Gasteiger partial charge in [-0.05, 0) is 148 Å². The predicted octanol–water partition coefficient (Wildman–Crippen LogP) is 16.0. The smallest absolute Gasteiger partial charge is 0.435 e. The lowest BCUT2D eigenvalue weighted by atomic mass is 10.1. The molecular formula is C57H67Br2Cl2N11O8. The molecule has 0 atom stereocenters. The van der Waals surface area contributed by atoms with Crippen molar-refractivity contribution in [1.82, 2.24) is 39.6 Å². The Morgan fingerprint density at radius 1 is 0.762 bits per heavy atom. The van der Waals surface area contributed by atoms with E-state index in [1.54, 1.807) is 48.9 Å². The van der Waals surface area contributed by atoms with E-state index in [4.69, 9.17) is 47.3 Å². The number of hydrogen-bond acceptors (Lipinski definition) is 15. The largest absolute Gasteiger partial charge is 0.477 e. The lowest BCUT2D eigenvalue weighted by Crippen LogP contribution is -2.27. The van der Waals surface area contributed by atoms with Crippen molar-refractivity contribution in [3.05, 3.63) is 164 Å². The fourth-order valence-electron chi connectivity index (χ4n) is 6.70. The van der Waals surface area contributed by atoms with Crippen LogP contribution in [0.2, 0.25) is 10.6 Å². The summed E-state index contributed by atoms with van der Waals surface area (Å²) in [5.74, 6) is -0.413. The summed E-state index contributed by atoms with van der Waals surface area (Å²) in [5.41, 5.74) is 6.90. The molecule has 1 aliphatic heterocycles. The number of aliphatic imine (C=N–C) groups is 1. The van der Waals surface area contributed by atoms with Crippen molar-refractivity contribution in [2.75, 3.05) is 37.9 Å². The van der Waals surface area contributed by atoms with E-state index in [0.717, 1.165) is 66.4 Å². The van der Waals surface area contributed by atoms with Gasteiger partial charge in [-0.2, -0.15) is 14.8 Å². The van der Waals surface area contributed by atoms with Crippen molar-refractivity contribution in [3.63, 3.8) is 0 Å². The van der Waals surface area contributed by atoms with Crippen molar-refractivity contribution in [3.8, 4) is 17.0 Å². The Bertz CT molecular complexity index is 3420. The second kappa shape index (κ2) is 31.2. The molecule has 19 nitrogen and oxygen atoms in total. The number of aromatic carboxylic acids is 2. The lowest BCUT2D eigenvalue weighted by molar-refractivity contribution is 0.0513. The van der Waals surface area contributed by atoms with Gasteiger partial charge in [0, 0.05) is 73.4 Å². The third-order valence-electron chi connectivity index (χ3n) is 10.2. The first-order valence-electron chi connectivity index (χ1n) is 22.5. The fraction of sp³-hybridized carbons (Fsp3) is 0.246. The zero-order chi connectivity index (χ0) is 53.8. The minimum absolute atomic E-state index is 0. The van der Waals surface area contributed by atoms with E-state index in [1.165, 1.54) is 16.3 Å². The maximum Gasteiger partial charge on any atom is 0.435 e. The van der Waals surface area contributed by atoms with Crippen LogP contribution >= 0.6 is 55.1 Å². The van der Waals surface area contributed by atoms with Crippen molar-refractivity contribution in [2.45, 2.75) is 70.1 Å². The monoisotopic (exact) mass is 1260 g/mol. The molecular weight excluding hydrogens is 1200 g/mol. The molecule has 80 heavy (non-hydrogen) atoms. The van der Waals surface area contributed by atoms with Gasteiger partial charge in [-0.25, -0.2) is 29.3 Å². The van der Waals surface area contributed by atoms with Crippen molar-refractivity contribution < 1.29 is 38.5 Å². The minimum atomic E-state index is -1.05. The number of halogens is 4. The molecule has 5 aromatic heterocycles. The highest BCUT2D eigenvalue weighted by Crippen LogP contribution is 2.27. The van der Waals surface area contributed by atoms with Crippen molar-refractivity contribution in [1.29, 1.82) is 0 Å². The summed E-state index contributed by atoms with van der Waals surface area (Å²) in [7, 11) is 3.94. The number of likely N-dealkylation sites (N-methyl/N-ethyl adjacent to an activating group) is 1. The number of furan rings is 1. The van der Waals surface area contributed by atoms with Crippen molar-refractivity contribution >= 4 is 124 Å². The number of anilines is 4. The van der Waals surface area contributed by atoms with Crippen LogP contribution in [0.5, 0.6) is 5.88 Å². The maximum atomic E-state index is 12.1. The average molecular weight is 1260 g/mol. The fourth-order valence-corrected chi connectivity index (χ4v) is 7.72. The molecule has 0 saturated carbocycles. The molecule has 10 rings (SSSR count). The maximum absolute atomic E-state index is 12.1. The normalized spacial score (nSPS) is 10.7. The quantitative estimate of drug-likeness (QED) is 0.0755. The van der Waals surface area contributed by atoms with Crippen LogP contribution in [-0.2, 0) is 11.3 Å². The second-order valence-corrected chi connectivity index (χ2v) is 19.9. The van der Waals surface area contributed by atoms with Gasteiger partial charge >= 0.3 is 18.0 Å². The molecule has 0 fully saturated rings. The topological polar surface area (TPSA) is 248 Å². The number of hydrogen-bond donors (Lipinski definition) is 5. The third kappa shape index (κ3) is 20.2. The van der Waals surface area contributed by atoms with Gasteiger partial charge in [0.15, 0.2) is 0 Å². The van der Waals surface area contributed by atoms with Gasteiger partial charge in [0.05, 0.1) is 12.7 Å². The molecule has 0 unspecified atom stereocenters. The molecule has 4 aromatic carbocycles. The summed E-state index contributed by atoms with van der Waals surface area (Å²) in [4.78, 5) is 58.5. The van der Waals surface area contributed by atoms with E-state index in [-0.39, 0.29) is 59.2 Å². The number of carboxylic acid groups (broad SMARTS) is 2. The molecule has 0 aliphatic carbocycles. The van der Waals surface area contributed by atoms with Crippen LogP contribution in [0, 0.1) is 0 Å². The van der Waals surface area contributed by atoms with E-state index in [0.29, 0.717) is 29.7 Å². The number of nitrogens with one attached hydrogen (secondary N) is 3. The number of rotatable bonds is 11. The minimum Gasteiger partial charge on any atom is -0.477 e. The summed E-state index contributed by atoms with van der Waals surface area (Å²) in [6.07, 6.45) is 6.23. The third-order valence-corrected chi connectivity index (χ3v) is 11.5. The van der Waals surface area contributed by atoms with Gasteiger partial charge < -0.3 is 44.6 Å². The second-order valence-electron chi connectivity index (χ2n) is 17.4. The number of aromatic nitrogens is 7. The van der Waals surface area contributed by atoms with Gasteiger partial charge in [0.25, 0.3) is 0 Å². The van der Waals surface area contributed by atoms with Gasteiger partial charge in [0.2, 0.25) is 22.2 Å². The molecule has 5 N–H and O–H groups in total. The van der Waals surface area contributed by atoms with Crippen LogP contribution in [0.15, 0.2) is 140 Å². The average Bonchev–Trinajstić information content (AvgIpc) is 4.18. The molecule has 0 radical (unpaired) electrons. The molecule has 0 amide bonds. The number of H-pyrrole nitrogens is 1. The van der Waals surface area contributed by atoms with Gasteiger partial charge in [0.1, 0.15) is 35.1 Å². The molecule has 6 heterocycles. The first-order chi connectivity index (χ1) is 35.7. The summed E-state index contributed by atoms with van der Waals surface area (Å²) in [5, 5.41) is 29.9. The van der Waals surface area contributed by atoms with Gasteiger partial charge in [-0.1, -0.05) is 93.3 Å². The first-order valence-corrected chi connectivity index (χ1v) is 24.9. The summed E-state index contributed by atoms with van der Waals surface area (Å²) in [6, 6.07) is 31.3. The Kier molecular flexibility index (Phi) is 26.7. The van der Waals surface area contributed by atoms with Gasteiger partial charge in [-0.15, -0.1) is 0 Å². The van der Waals surface area contributed by atoms with E-state index >= 15 is 0 Å². The Hall–Kier alpha value is -7.69. The molecule has 0 saturated heterocycles. The summed E-state index contributed by atoms with van der Waals surface area (Å²) in [6.45, 7) is 7.46. The molecule has 0 spiro atoms. The van der Waals surface area contributed by atoms with Crippen LogP contribution in [0.25, 0.3) is 33.0 Å². The molecule has 426 valence electrons. The predicted molar refractivity (Wildman–Crippen MR) is 329 cm³/mol. The highest BCUT2D eigenvalue weighted by atomic mass is 79.9. The standard InChI is InChI=1S/C22H27ClN6O3.C12H9ClN4.C9H6BrNO2.C9H5BrO3.5CH4/c1-22(2,3)32-21(30)29-14-16(13-24-29)15-6-8-17(9-7-15)25-18-12-19(27-20(23)26-18)31-11-10-28(4)5;13-12-15-4-3-11(17-12)16-10-2-1-8-6-14-7-9(8)5-10;10-6-2-1-5-3-8(9(12)13)11-7(5)4-6;10-6-2-1-5-3-8(9(11)12)13-7(5)4-6;;;;;/h6-9,12-14H,10-11H2,1-5H3,(H,25,26,27);1-5,7H,6H2,(H,15,16,17);1-4,11H,(H,12,13);1-4H,(H,11,12);5*1H4. The molecule has 9 aromatic rings. The van der Waals surface area contributed by atoms with Gasteiger partial charge in [-0.3, -0.25) is 4.99 Å². The summed E-state index contributed by atoms with van der Waals surface area (Å²) < 4.78 is 19.0. The zero-order valence-electron chi connectivity index (χ0n) is 40.7. The number of fused-ring (bicyclic) bond motifs is 3. The van der Waals surface area contributed by atoms with Crippen LogP contribution in [0.4, 0.5) is 27.8 Å². The number of carbonyl (C=O) groups excluding carboxylic acids is 1. The Morgan fingerprint density at radius 2 is 1.43 bits per heavy atom. The highest BCUT2D eigenvalue weighted by Gasteiger charge is 2.19. The Balaban J connectivity index is 0.000000386. The van der Waals surface area contributed by atoms with E-state index < -0.39 is 23.6 Å². The van der Waals surface area contributed by atoms with Crippen molar-refractivity contribution in [2.24, 2.45) is 4.99 Å². The number of aromatic amines is 1. The van der Waals surface area contributed by atoms with E-state index in [2.05, 4.69) is 83.6 Å². The lowest BCUT2D eigenvalue weighted by Gasteiger charge is -2.18. The van der Waals surface area contributed by atoms with Crippen LogP contribution in [0.3, 0.4) is 0 Å². The molecule has 23 heteroatoms.